The van der Waals surface area contributed by atoms with Gasteiger partial charge in [-0.2, -0.15) is 0 Å². The average molecular weight is 549 g/mol. The SMILES string of the molecule is Cc1nc(/C=C/c2cccc3nc(C(C)NC(=O)c4c(N)nn5cccnc45)n(-c4ccccc4)c(=O)c23)cs1. The van der Waals surface area contributed by atoms with E-state index in [1.165, 1.54) is 9.08 Å². The lowest BCUT2D eigenvalue weighted by Crippen LogP contribution is -2.33. The molecule has 0 saturated carbocycles. The number of carbonyl (C=O) groups excluding carboxylic acids is 1. The number of aromatic nitrogens is 6. The first-order valence-electron chi connectivity index (χ1n) is 12.5. The number of nitrogens with two attached hydrogens (primary N) is 1. The summed E-state index contributed by atoms with van der Waals surface area (Å²) in [6.45, 7) is 3.72. The number of carbonyl (C=O) groups is 1. The van der Waals surface area contributed by atoms with Crippen LogP contribution < -0.4 is 16.6 Å². The quantitative estimate of drug-likeness (QED) is 0.314. The first-order valence-corrected chi connectivity index (χ1v) is 13.4. The number of nitrogens with one attached hydrogen (secondary N) is 1. The van der Waals surface area contributed by atoms with Crippen molar-refractivity contribution in [1.82, 2.24) is 34.4 Å². The van der Waals surface area contributed by atoms with Crippen LogP contribution in [0.3, 0.4) is 0 Å². The highest BCUT2D eigenvalue weighted by Crippen LogP contribution is 2.23. The molecule has 6 rings (SSSR count). The van der Waals surface area contributed by atoms with Crippen molar-refractivity contribution >= 4 is 51.8 Å². The Kier molecular flexibility index (Phi) is 6.40. The number of anilines is 1. The van der Waals surface area contributed by atoms with Crippen molar-refractivity contribution in [3.05, 3.63) is 110 Å². The van der Waals surface area contributed by atoms with E-state index < -0.39 is 11.9 Å². The fourth-order valence-electron chi connectivity index (χ4n) is 4.62. The van der Waals surface area contributed by atoms with Crippen LogP contribution in [0, 0.1) is 6.92 Å². The van der Waals surface area contributed by atoms with Crippen molar-refractivity contribution in [1.29, 1.82) is 0 Å². The number of fused-ring (bicyclic) bond motifs is 2. The second-order valence-corrected chi connectivity index (χ2v) is 10.2. The Balaban J connectivity index is 1.46. The van der Waals surface area contributed by atoms with Gasteiger partial charge in [-0.3, -0.25) is 14.2 Å². The lowest BCUT2D eigenvalue weighted by molar-refractivity contribution is 0.0940. The highest BCUT2D eigenvalue weighted by atomic mass is 32.1. The van der Waals surface area contributed by atoms with Crippen LogP contribution >= 0.6 is 11.3 Å². The highest BCUT2D eigenvalue weighted by Gasteiger charge is 2.24. The summed E-state index contributed by atoms with van der Waals surface area (Å²) in [6.07, 6.45) is 6.99. The molecular formula is C29H24N8O2S. The monoisotopic (exact) mass is 548 g/mol. The number of hydrogen-bond donors (Lipinski definition) is 2. The van der Waals surface area contributed by atoms with Crippen LogP contribution in [0.2, 0.25) is 0 Å². The van der Waals surface area contributed by atoms with Gasteiger partial charge >= 0.3 is 0 Å². The first kappa shape index (κ1) is 25.1. The van der Waals surface area contributed by atoms with Crippen LogP contribution in [0.4, 0.5) is 5.82 Å². The number of nitrogens with zero attached hydrogens (tertiary/aromatic N) is 6. The molecule has 0 aliphatic carbocycles. The maximum atomic E-state index is 14.2. The van der Waals surface area contributed by atoms with Gasteiger partial charge in [-0.1, -0.05) is 36.4 Å². The summed E-state index contributed by atoms with van der Waals surface area (Å²) in [5, 5.41) is 10.5. The molecule has 11 heteroatoms. The third-order valence-electron chi connectivity index (χ3n) is 6.42. The largest absolute Gasteiger partial charge is 0.381 e. The number of hydrogen-bond acceptors (Lipinski definition) is 8. The second-order valence-electron chi connectivity index (χ2n) is 9.16. The summed E-state index contributed by atoms with van der Waals surface area (Å²) in [6, 6.07) is 15.8. The molecule has 4 heterocycles. The predicted octanol–water partition coefficient (Wildman–Crippen LogP) is 4.44. The molecular weight excluding hydrogens is 524 g/mol. The van der Waals surface area contributed by atoms with Crippen molar-refractivity contribution in [2.75, 3.05) is 5.73 Å². The van der Waals surface area contributed by atoms with Gasteiger partial charge in [-0.25, -0.2) is 19.5 Å². The standard InChI is InChI=1S/C29H24N8O2S/c1-17(32-28(38)24-25(30)35-36-15-7-14-31-27(24)36)26-34-22-11-6-8-19(12-13-20-16-40-18(2)33-20)23(22)29(39)37(26)21-9-4-3-5-10-21/h3-17H,1-2H3,(H2,30,35)(H,32,38)/b13-12+. The smallest absolute Gasteiger partial charge is 0.266 e. The van der Waals surface area contributed by atoms with Gasteiger partial charge in [0.1, 0.15) is 11.4 Å². The molecule has 0 spiro atoms. The van der Waals surface area contributed by atoms with E-state index in [1.807, 2.05) is 66.9 Å². The van der Waals surface area contributed by atoms with Crippen LogP contribution in [0.1, 0.15) is 45.4 Å². The molecule has 40 heavy (non-hydrogen) atoms. The molecule has 10 nitrogen and oxygen atoms in total. The topological polar surface area (TPSA) is 133 Å². The van der Waals surface area contributed by atoms with E-state index in [1.54, 1.807) is 42.8 Å². The van der Waals surface area contributed by atoms with E-state index in [2.05, 4.69) is 20.4 Å². The number of amides is 1. The van der Waals surface area contributed by atoms with Gasteiger partial charge in [0, 0.05) is 17.8 Å². The zero-order chi connectivity index (χ0) is 27.8. The first-order chi connectivity index (χ1) is 19.4. The lowest BCUT2D eigenvalue weighted by atomic mass is 10.1. The van der Waals surface area contributed by atoms with E-state index >= 15 is 0 Å². The maximum absolute atomic E-state index is 14.2. The summed E-state index contributed by atoms with van der Waals surface area (Å²) in [5.74, 6) is -0.0405. The van der Waals surface area contributed by atoms with E-state index in [0.717, 1.165) is 16.3 Å². The minimum atomic E-state index is -0.667. The fraction of sp³-hybridized carbons (Fsp3) is 0.103. The molecule has 1 amide bonds. The van der Waals surface area contributed by atoms with Gasteiger partial charge in [0.05, 0.1) is 33.3 Å². The van der Waals surface area contributed by atoms with Gasteiger partial charge in [-0.15, -0.1) is 16.4 Å². The normalized spacial score (nSPS) is 12.3. The fourth-order valence-corrected chi connectivity index (χ4v) is 5.20. The third-order valence-corrected chi connectivity index (χ3v) is 7.22. The number of nitrogen functional groups attached to an aromatic ring is 1. The van der Waals surface area contributed by atoms with Crippen LogP contribution in [-0.2, 0) is 0 Å². The molecule has 0 fully saturated rings. The molecule has 0 saturated heterocycles. The Morgan fingerprint density at radius 2 is 1.90 bits per heavy atom. The summed E-state index contributed by atoms with van der Waals surface area (Å²) in [4.78, 5) is 41.2. The van der Waals surface area contributed by atoms with E-state index in [4.69, 9.17) is 10.7 Å². The van der Waals surface area contributed by atoms with Crippen molar-refractivity contribution in [2.45, 2.75) is 19.9 Å². The second kappa shape index (κ2) is 10.2. The Morgan fingerprint density at radius 3 is 2.67 bits per heavy atom. The zero-order valence-corrected chi connectivity index (χ0v) is 22.5. The maximum Gasteiger partial charge on any atom is 0.266 e. The van der Waals surface area contributed by atoms with E-state index in [-0.39, 0.29) is 16.9 Å². The van der Waals surface area contributed by atoms with Gasteiger partial charge in [-0.05, 0) is 49.8 Å². The number of aryl methyl sites for hydroxylation is 1. The molecule has 3 N–H and O–H groups in total. The molecule has 0 radical (unpaired) electrons. The van der Waals surface area contributed by atoms with Crippen LogP contribution in [0.15, 0.2) is 77.2 Å². The van der Waals surface area contributed by atoms with Crippen molar-refractivity contribution in [3.8, 4) is 5.69 Å². The van der Waals surface area contributed by atoms with Crippen molar-refractivity contribution < 1.29 is 4.79 Å². The van der Waals surface area contributed by atoms with E-state index in [0.29, 0.717) is 28.1 Å². The van der Waals surface area contributed by atoms with Crippen molar-refractivity contribution in [3.63, 3.8) is 0 Å². The van der Waals surface area contributed by atoms with Crippen LogP contribution in [0.5, 0.6) is 0 Å². The van der Waals surface area contributed by atoms with Crippen molar-refractivity contribution in [2.24, 2.45) is 0 Å². The van der Waals surface area contributed by atoms with Crippen LogP contribution in [0.25, 0.3) is 34.4 Å². The number of benzene rings is 2. The summed E-state index contributed by atoms with van der Waals surface area (Å²) in [7, 11) is 0. The molecule has 2 aromatic carbocycles. The van der Waals surface area contributed by atoms with Gasteiger partial charge in [0.2, 0.25) is 0 Å². The molecule has 0 aliphatic heterocycles. The Bertz CT molecular complexity index is 1970. The van der Waals surface area contributed by atoms with Gasteiger partial charge < -0.3 is 11.1 Å². The molecule has 6 aromatic rings. The number of rotatable bonds is 6. The Hall–Kier alpha value is -5.16. The molecule has 198 valence electrons. The summed E-state index contributed by atoms with van der Waals surface area (Å²) in [5.41, 5.74) is 9.00. The minimum absolute atomic E-state index is 0.0575. The predicted molar refractivity (Wildman–Crippen MR) is 156 cm³/mol. The zero-order valence-electron chi connectivity index (χ0n) is 21.6. The van der Waals surface area contributed by atoms with E-state index in [9.17, 15) is 9.59 Å². The minimum Gasteiger partial charge on any atom is -0.381 e. The number of para-hydroxylation sites is 1. The molecule has 0 aliphatic rings. The molecule has 1 atom stereocenters. The molecule has 4 aromatic heterocycles. The Morgan fingerprint density at radius 1 is 1.07 bits per heavy atom. The number of thiazole rings is 1. The summed E-state index contributed by atoms with van der Waals surface area (Å²) < 4.78 is 2.99. The summed E-state index contributed by atoms with van der Waals surface area (Å²) >= 11 is 1.56. The molecule has 0 bridgehead atoms. The Labute approximate surface area is 232 Å². The van der Waals surface area contributed by atoms with Gasteiger partial charge in [0.15, 0.2) is 11.5 Å². The third kappa shape index (κ3) is 4.52. The van der Waals surface area contributed by atoms with Gasteiger partial charge in [0.25, 0.3) is 11.5 Å². The average Bonchev–Trinajstić information content (AvgIpc) is 3.53. The molecule has 1 unspecified atom stereocenters. The highest BCUT2D eigenvalue weighted by molar-refractivity contribution is 7.09. The lowest BCUT2D eigenvalue weighted by Gasteiger charge is -2.20. The van der Waals surface area contributed by atoms with Crippen LogP contribution in [-0.4, -0.2) is 35.0 Å².